The molecular formula is C11H5ClFN6-. The van der Waals surface area contributed by atoms with E-state index in [1.807, 2.05) is 0 Å². The number of tetrazole rings is 1. The van der Waals surface area contributed by atoms with Crippen LogP contribution in [0.5, 0.6) is 0 Å². The molecule has 0 unspecified atom stereocenters. The Hall–Kier alpha value is -2.41. The van der Waals surface area contributed by atoms with E-state index in [2.05, 4.69) is 30.6 Å². The highest BCUT2D eigenvalue weighted by atomic mass is 35.5. The molecule has 0 saturated carbocycles. The molecule has 0 bridgehead atoms. The van der Waals surface area contributed by atoms with Crippen molar-refractivity contribution in [3.63, 3.8) is 0 Å². The summed E-state index contributed by atoms with van der Waals surface area (Å²) in [7, 11) is 0. The summed E-state index contributed by atoms with van der Waals surface area (Å²) >= 11 is 5.74. The fourth-order valence-corrected chi connectivity index (χ4v) is 1.72. The van der Waals surface area contributed by atoms with E-state index in [0.29, 0.717) is 22.8 Å². The van der Waals surface area contributed by atoms with Crippen LogP contribution in [-0.2, 0) is 0 Å². The van der Waals surface area contributed by atoms with Crippen LogP contribution >= 0.6 is 11.6 Å². The third-order valence-corrected chi connectivity index (χ3v) is 2.72. The van der Waals surface area contributed by atoms with Gasteiger partial charge in [-0.15, -0.1) is 0 Å². The zero-order chi connectivity index (χ0) is 13.2. The highest BCUT2D eigenvalue weighted by Gasteiger charge is 2.06. The fraction of sp³-hybridized carbons (Fsp3) is 0. The summed E-state index contributed by atoms with van der Waals surface area (Å²) in [4.78, 5) is 8.13. The van der Waals surface area contributed by atoms with Gasteiger partial charge in [-0.05, 0) is 24.3 Å². The van der Waals surface area contributed by atoms with E-state index >= 15 is 0 Å². The van der Waals surface area contributed by atoms with E-state index in [-0.39, 0.29) is 5.02 Å². The van der Waals surface area contributed by atoms with Crippen LogP contribution in [0, 0.1) is 5.82 Å². The molecule has 3 aromatic rings. The van der Waals surface area contributed by atoms with Crippen molar-refractivity contribution in [1.29, 1.82) is 0 Å². The van der Waals surface area contributed by atoms with E-state index < -0.39 is 5.82 Å². The molecule has 3 rings (SSSR count). The van der Waals surface area contributed by atoms with E-state index in [1.54, 1.807) is 12.1 Å². The molecule has 0 spiro atoms. The lowest BCUT2D eigenvalue weighted by molar-refractivity contribution is 0.628. The quantitative estimate of drug-likeness (QED) is 0.709. The summed E-state index contributed by atoms with van der Waals surface area (Å²) in [6, 6.07) is 6.00. The van der Waals surface area contributed by atoms with Crippen LogP contribution < -0.4 is 5.10 Å². The van der Waals surface area contributed by atoms with Gasteiger partial charge in [-0.25, -0.2) is 14.4 Å². The minimum atomic E-state index is -0.479. The maximum atomic E-state index is 13.1. The molecule has 19 heavy (non-hydrogen) atoms. The van der Waals surface area contributed by atoms with Crippen LogP contribution in [0.4, 0.5) is 4.39 Å². The summed E-state index contributed by atoms with van der Waals surface area (Å²) < 4.78 is 13.1. The van der Waals surface area contributed by atoms with Crippen molar-refractivity contribution >= 4 is 11.6 Å². The SMILES string of the molecule is Fc1ccc(-c2cc(-c3nnn[n-]3)ncn2)cc1Cl. The molecule has 6 nitrogen and oxygen atoms in total. The van der Waals surface area contributed by atoms with Gasteiger partial charge in [-0.3, -0.25) is 10.3 Å². The lowest BCUT2D eigenvalue weighted by atomic mass is 10.1. The van der Waals surface area contributed by atoms with Gasteiger partial charge in [-0.2, -0.15) is 5.21 Å². The molecule has 8 heteroatoms. The number of halogens is 2. The summed E-state index contributed by atoms with van der Waals surface area (Å²) in [5.74, 6) is -0.177. The van der Waals surface area contributed by atoms with Crippen LogP contribution in [0.15, 0.2) is 30.6 Å². The Morgan fingerprint density at radius 3 is 2.68 bits per heavy atom. The van der Waals surface area contributed by atoms with E-state index in [4.69, 9.17) is 11.6 Å². The first-order chi connectivity index (χ1) is 9.24. The smallest absolute Gasteiger partial charge is 0.141 e. The van der Waals surface area contributed by atoms with Gasteiger partial charge in [0.2, 0.25) is 0 Å². The summed E-state index contributed by atoms with van der Waals surface area (Å²) in [5, 5.41) is 14.2. The van der Waals surface area contributed by atoms with Crippen molar-refractivity contribution in [2.24, 2.45) is 0 Å². The summed E-state index contributed by atoms with van der Waals surface area (Å²) in [6.07, 6.45) is 1.36. The van der Waals surface area contributed by atoms with Crippen molar-refractivity contribution in [1.82, 2.24) is 30.6 Å². The number of rotatable bonds is 2. The molecule has 0 atom stereocenters. The van der Waals surface area contributed by atoms with Gasteiger partial charge in [0.25, 0.3) is 0 Å². The molecule has 0 radical (unpaired) electrons. The van der Waals surface area contributed by atoms with Gasteiger partial charge < -0.3 is 5.10 Å². The Labute approximate surface area is 111 Å². The molecule has 94 valence electrons. The van der Waals surface area contributed by atoms with E-state index in [1.165, 1.54) is 18.5 Å². The van der Waals surface area contributed by atoms with Crippen molar-refractivity contribution in [2.45, 2.75) is 0 Å². The molecule has 0 aliphatic rings. The average molecular weight is 276 g/mol. The normalized spacial score (nSPS) is 10.6. The molecular weight excluding hydrogens is 271 g/mol. The van der Waals surface area contributed by atoms with Gasteiger partial charge in [-0.1, -0.05) is 11.6 Å². The second-order valence-electron chi connectivity index (χ2n) is 3.62. The summed E-state index contributed by atoms with van der Waals surface area (Å²) in [5.41, 5.74) is 1.73. The Morgan fingerprint density at radius 1 is 1.11 bits per heavy atom. The lowest BCUT2D eigenvalue weighted by Gasteiger charge is -2.04. The first kappa shape index (κ1) is 11.7. The highest BCUT2D eigenvalue weighted by Crippen LogP contribution is 2.24. The molecule has 0 aliphatic heterocycles. The zero-order valence-electron chi connectivity index (χ0n) is 9.33. The zero-order valence-corrected chi connectivity index (χ0v) is 10.1. The lowest BCUT2D eigenvalue weighted by Crippen LogP contribution is -1.92. The van der Waals surface area contributed by atoms with Crippen LogP contribution in [0.2, 0.25) is 5.02 Å². The second kappa shape index (κ2) is 4.69. The Kier molecular flexibility index (Phi) is 2.88. The van der Waals surface area contributed by atoms with Gasteiger partial charge in [0, 0.05) is 5.56 Å². The van der Waals surface area contributed by atoms with Crippen LogP contribution in [0.25, 0.3) is 22.8 Å². The molecule has 2 aromatic heterocycles. The van der Waals surface area contributed by atoms with Crippen LogP contribution in [-0.4, -0.2) is 25.5 Å². The molecule has 0 fully saturated rings. The van der Waals surface area contributed by atoms with Gasteiger partial charge in [0.15, 0.2) is 0 Å². The molecule has 2 heterocycles. The standard InChI is InChI=1S/C11H5ClFN6/c12-7-3-6(1-2-8(7)13)9-4-10(15-5-14-9)11-16-18-19-17-11/h1-5H/q-1. The summed E-state index contributed by atoms with van der Waals surface area (Å²) in [6.45, 7) is 0. The molecule has 0 amide bonds. The number of hydrogen-bond donors (Lipinski definition) is 0. The second-order valence-corrected chi connectivity index (χ2v) is 4.03. The highest BCUT2D eigenvalue weighted by molar-refractivity contribution is 6.31. The van der Waals surface area contributed by atoms with Gasteiger partial charge in [0.05, 0.1) is 22.2 Å². The monoisotopic (exact) mass is 275 g/mol. The Bertz CT molecular complexity index is 715. The number of nitrogens with zero attached hydrogens (tertiary/aromatic N) is 6. The fourth-order valence-electron chi connectivity index (χ4n) is 1.54. The Balaban J connectivity index is 2.06. The number of aromatic nitrogens is 6. The van der Waals surface area contributed by atoms with Gasteiger partial charge >= 0.3 is 0 Å². The van der Waals surface area contributed by atoms with Crippen LogP contribution in [0.1, 0.15) is 0 Å². The largest absolute Gasteiger partial charge is 0.329 e. The van der Waals surface area contributed by atoms with Crippen molar-refractivity contribution in [2.75, 3.05) is 0 Å². The number of benzene rings is 1. The Morgan fingerprint density at radius 2 is 1.95 bits per heavy atom. The van der Waals surface area contributed by atoms with E-state index in [9.17, 15) is 4.39 Å². The molecule has 0 N–H and O–H groups in total. The third kappa shape index (κ3) is 2.27. The average Bonchev–Trinajstić information content (AvgIpc) is 2.96. The van der Waals surface area contributed by atoms with Gasteiger partial charge in [0.1, 0.15) is 12.1 Å². The number of hydrogen-bond acceptors (Lipinski definition) is 5. The molecule has 1 aromatic carbocycles. The predicted molar refractivity (Wildman–Crippen MR) is 64.6 cm³/mol. The first-order valence-electron chi connectivity index (χ1n) is 5.20. The minimum Gasteiger partial charge on any atom is -0.329 e. The molecule has 0 aliphatic carbocycles. The maximum absolute atomic E-state index is 13.1. The van der Waals surface area contributed by atoms with Crippen molar-refractivity contribution in [3.05, 3.63) is 41.4 Å². The van der Waals surface area contributed by atoms with Crippen molar-refractivity contribution < 1.29 is 4.39 Å². The topological polar surface area (TPSA) is 78.5 Å². The maximum Gasteiger partial charge on any atom is 0.141 e. The molecule has 0 saturated heterocycles. The third-order valence-electron chi connectivity index (χ3n) is 2.43. The van der Waals surface area contributed by atoms with Crippen LogP contribution in [0.3, 0.4) is 0 Å². The predicted octanol–water partition coefficient (Wildman–Crippen LogP) is 1.75. The minimum absolute atomic E-state index is 0.0329. The first-order valence-corrected chi connectivity index (χ1v) is 5.58. The van der Waals surface area contributed by atoms with Crippen molar-refractivity contribution in [3.8, 4) is 22.8 Å². The van der Waals surface area contributed by atoms with E-state index in [0.717, 1.165) is 0 Å².